The number of aromatic nitrogens is 1. The Morgan fingerprint density at radius 1 is 1.00 bits per heavy atom. The third kappa shape index (κ3) is 5.42. The second kappa shape index (κ2) is 9.50. The molecule has 29 heavy (non-hydrogen) atoms. The van der Waals surface area contributed by atoms with Crippen molar-refractivity contribution in [1.82, 2.24) is 4.98 Å². The summed E-state index contributed by atoms with van der Waals surface area (Å²) in [6.07, 6.45) is 1.62. The average molecular weight is 389 g/mol. The van der Waals surface area contributed by atoms with E-state index in [1.807, 2.05) is 42.3 Å². The number of nitrogens with one attached hydrogen (secondary N) is 1. The molecule has 0 saturated carbocycles. The van der Waals surface area contributed by atoms with Crippen molar-refractivity contribution < 1.29 is 14.3 Å². The van der Waals surface area contributed by atoms with E-state index >= 15 is 0 Å². The van der Waals surface area contributed by atoms with Crippen molar-refractivity contribution in [3.8, 4) is 0 Å². The standard InChI is InChI=1S/C23H23N3O3/c1-3-29-23(28)18-9-11-20(12-10-18)25-22(27)19-13-14-24-21(15-19)26(2)16-17-7-5-4-6-8-17/h4-15H,3,16H2,1-2H3,(H,25,27). The lowest BCUT2D eigenvalue weighted by molar-refractivity contribution is 0.0526. The molecular weight excluding hydrogens is 366 g/mol. The molecule has 1 N–H and O–H groups in total. The monoisotopic (exact) mass is 389 g/mol. The molecule has 0 saturated heterocycles. The molecule has 0 aliphatic rings. The highest BCUT2D eigenvalue weighted by atomic mass is 16.5. The van der Waals surface area contributed by atoms with E-state index in [0.29, 0.717) is 35.8 Å². The number of benzene rings is 2. The Balaban J connectivity index is 1.67. The Morgan fingerprint density at radius 2 is 1.72 bits per heavy atom. The molecule has 0 fully saturated rings. The molecule has 0 bridgehead atoms. The van der Waals surface area contributed by atoms with Crippen molar-refractivity contribution in [3.63, 3.8) is 0 Å². The van der Waals surface area contributed by atoms with Crippen LogP contribution in [0.5, 0.6) is 0 Å². The summed E-state index contributed by atoms with van der Waals surface area (Å²) in [5.41, 5.74) is 2.70. The van der Waals surface area contributed by atoms with Crippen molar-refractivity contribution in [2.75, 3.05) is 23.9 Å². The van der Waals surface area contributed by atoms with Crippen LogP contribution in [0.1, 0.15) is 33.2 Å². The van der Waals surface area contributed by atoms with E-state index in [9.17, 15) is 9.59 Å². The van der Waals surface area contributed by atoms with Crippen LogP contribution in [-0.4, -0.2) is 30.5 Å². The highest BCUT2D eigenvalue weighted by molar-refractivity contribution is 6.04. The molecule has 1 heterocycles. The zero-order valence-corrected chi connectivity index (χ0v) is 16.5. The fourth-order valence-corrected chi connectivity index (χ4v) is 2.81. The summed E-state index contributed by atoms with van der Waals surface area (Å²) in [6, 6.07) is 20.1. The fraction of sp³-hybridized carbons (Fsp3) is 0.174. The first kappa shape index (κ1) is 20.1. The normalized spacial score (nSPS) is 10.3. The number of rotatable bonds is 7. The maximum Gasteiger partial charge on any atom is 0.338 e. The number of esters is 1. The minimum absolute atomic E-state index is 0.245. The van der Waals surface area contributed by atoms with Crippen molar-refractivity contribution in [1.29, 1.82) is 0 Å². The van der Waals surface area contributed by atoms with Gasteiger partial charge < -0.3 is 15.0 Å². The van der Waals surface area contributed by atoms with Gasteiger partial charge in [0.05, 0.1) is 12.2 Å². The van der Waals surface area contributed by atoms with Gasteiger partial charge in [0.15, 0.2) is 0 Å². The number of hydrogen-bond donors (Lipinski definition) is 1. The van der Waals surface area contributed by atoms with Gasteiger partial charge in [0, 0.05) is 31.0 Å². The highest BCUT2D eigenvalue weighted by Crippen LogP contribution is 2.17. The van der Waals surface area contributed by atoms with Gasteiger partial charge in [-0.1, -0.05) is 30.3 Å². The smallest absolute Gasteiger partial charge is 0.338 e. The van der Waals surface area contributed by atoms with E-state index in [-0.39, 0.29) is 11.9 Å². The maximum absolute atomic E-state index is 12.6. The SMILES string of the molecule is CCOC(=O)c1ccc(NC(=O)c2ccnc(N(C)Cc3ccccc3)c2)cc1. The number of hydrogen-bond acceptors (Lipinski definition) is 5. The van der Waals surface area contributed by atoms with E-state index in [4.69, 9.17) is 4.74 Å². The topological polar surface area (TPSA) is 71.5 Å². The van der Waals surface area contributed by atoms with E-state index in [0.717, 1.165) is 5.56 Å². The molecule has 3 rings (SSSR count). The van der Waals surface area contributed by atoms with Crippen molar-refractivity contribution in [3.05, 3.63) is 89.6 Å². The summed E-state index contributed by atoms with van der Waals surface area (Å²) < 4.78 is 4.96. The van der Waals surface area contributed by atoms with Crippen molar-refractivity contribution in [2.45, 2.75) is 13.5 Å². The Kier molecular flexibility index (Phi) is 6.58. The summed E-state index contributed by atoms with van der Waals surface area (Å²) >= 11 is 0. The maximum atomic E-state index is 12.6. The first-order valence-corrected chi connectivity index (χ1v) is 9.36. The molecular formula is C23H23N3O3. The van der Waals surface area contributed by atoms with Gasteiger partial charge in [0.25, 0.3) is 5.91 Å². The second-order valence-electron chi connectivity index (χ2n) is 6.50. The van der Waals surface area contributed by atoms with E-state index in [1.54, 1.807) is 49.5 Å². The van der Waals surface area contributed by atoms with Gasteiger partial charge in [-0.25, -0.2) is 9.78 Å². The van der Waals surface area contributed by atoms with Crippen molar-refractivity contribution in [2.24, 2.45) is 0 Å². The van der Waals surface area contributed by atoms with Crippen LogP contribution in [0.2, 0.25) is 0 Å². The molecule has 2 aromatic carbocycles. The molecule has 0 radical (unpaired) electrons. The number of amides is 1. The van der Waals surface area contributed by atoms with Crippen LogP contribution in [0.3, 0.4) is 0 Å². The molecule has 0 atom stereocenters. The molecule has 1 aromatic heterocycles. The number of nitrogens with zero attached hydrogens (tertiary/aromatic N) is 2. The third-order valence-corrected chi connectivity index (χ3v) is 4.32. The minimum Gasteiger partial charge on any atom is -0.462 e. The summed E-state index contributed by atoms with van der Waals surface area (Å²) in [5.74, 6) is 0.0791. The van der Waals surface area contributed by atoms with Gasteiger partial charge in [-0.2, -0.15) is 0 Å². The Bertz CT molecular complexity index is 972. The first-order valence-electron chi connectivity index (χ1n) is 9.36. The zero-order chi connectivity index (χ0) is 20.6. The minimum atomic E-state index is -0.384. The van der Waals surface area contributed by atoms with E-state index in [2.05, 4.69) is 10.3 Å². The quantitative estimate of drug-likeness (QED) is 0.615. The zero-order valence-electron chi connectivity index (χ0n) is 16.5. The largest absolute Gasteiger partial charge is 0.462 e. The van der Waals surface area contributed by atoms with Crippen LogP contribution in [0, 0.1) is 0 Å². The Morgan fingerprint density at radius 3 is 2.41 bits per heavy atom. The van der Waals surface area contributed by atoms with E-state index in [1.165, 1.54) is 0 Å². The number of carbonyl (C=O) groups excluding carboxylic acids is 2. The van der Waals surface area contributed by atoms with Crippen LogP contribution < -0.4 is 10.2 Å². The van der Waals surface area contributed by atoms with Gasteiger partial charge >= 0.3 is 5.97 Å². The van der Waals surface area contributed by atoms with Crippen molar-refractivity contribution >= 4 is 23.4 Å². The third-order valence-electron chi connectivity index (χ3n) is 4.32. The number of carbonyl (C=O) groups is 2. The van der Waals surface area contributed by atoms with Gasteiger partial charge in [0.2, 0.25) is 0 Å². The van der Waals surface area contributed by atoms with Gasteiger partial charge in [-0.15, -0.1) is 0 Å². The number of ether oxygens (including phenoxy) is 1. The molecule has 0 aliphatic carbocycles. The molecule has 6 nitrogen and oxygen atoms in total. The van der Waals surface area contributed by atoms with Crippen LogP contribution in [0.15, 0.2) is 72.9 Å². The predicted octanol–water partition coefficient (Wildman–Crippen LogP) is 4.15. The molecule has 0 aliphatic heterocycles. The van der Waals surface area contributed by atoms with E-state index < -0.39 is 0 Å². The predicted molar refractivity (Wildman–Crippen MR) is 113 cm³/mol. The first-order chi connectivity index (χ1) is 14.1. The summed E-state index contributed by atoms with van der Waals surface area (Å²) in [7, 11) is 1.94. The lowest BCUT2D eigenvalue weighted by Crippen LogP contribution is -2.19. The molecule has 148 valence electrons. The Hall–Kier alpha value is -3.67. The summed E-state index contributed by atoms with van der Waals surface area (Å²) in [4.78, 5) is 30.7. The average Bonchev–Trinajstić information content (AvgIpc) is 2.75. The lowest BCUT2D eigenvalue weighted by Gasteiger charge is -2.18. The summed E-state index contributed by atoms with van der Waals surface area (Å²) in [6.45, 7) is 2.77. The van der Waals surface area contributed by atoms with Crippen LogP contribution in [-0.2, 0) is 11.3 Å². The highest BCUT2D eigenvalue weighted by Gasteiger charge is 2.11. The Labute approximate surface area is 170 Å². The molecule has 0 spiro atoms. The molecule has 3 aromatic rings. The lowest BCUT2D eigenvalue weighted by atomic mass is 10.2. The van der Waals surface area contributed by atoms with Crippen LogP contribution >= 0.6 is 0 Å². The van der Waals surface area contributed by atoms with Gasteiger partial charge in [-0.05, 0) is 48.9 Å². The molecule has 0 unspecified atom stereocenters. The molecule has 6 heteroatoms. The van der Waals surface area contributed by atoms with Gasteiger partial charge in [-0.3, -0.25) is 4.79 Å². The fourth-order valence-electron chi connectivity index (χ4n) is 2.81. The number of pyridine rings is 1. The van der Waals surface area contributed by atoms with Crippen LogP contribution in [0.4, 0.5) is 11.5 Å². The van der Waals surface area contributed by atoms with Crippen LogP contribution in [0.25, 0.3) is 0 Å². The molecule has 1 amide bonds. The van der Waals surface area contributed by atoms with Gasteiger partial charge in [0.1, 0.15) is 5.82 Å². The second-order valence-corrected chi connectivity index (χ2v) is 6.50. The summed E-state index contributed by atoms with van der Waals surface area (Å²) in [5, 5.41) is 2.83. The number of anilines is 2.